The minimum atomic E-state index is -4.43. The van der Waals surface area contributed by atoms with Gasteiger partial charge in [-0.1, -0.05) is 0 Å². The summed E-state index contributed by atoms with van der Waals surface area (Å²) in [5.41, 5.74) is 0.0274. The molecule has 1 atom stereocenters. The van der Waals surface area contributed by atoms with Gasteiger partial charge in [0.05, 0.1) is 21.3 Å². The number of piperazine rings is 1. The third kappa shape index (κ3) is 4.17. The summed E-state index contributed by atoms with van der Waals surface area (Å²) in [5, 5.41) is 3.06. The van der Waals surface area contributed by atoms with E-state index in [-0.39, 0.29) is 29.5 Å². The van der Waals surface area contributed by atoms with E-state index < -0.39 is 12.2 Å². The smallest absolute Gasteiger partial charge is 0.408 e. The lowest BCUT2D eigenvalue weighted by molar-refractivity contribution is -0.188. The first-order valence-electron chi connectivity index (χ1n) is 7.24. The molecule has 1 aliphatic heterocycles. The van der Waals surface area contributed by atoms with E-state index >= 15 is 0 Å². The maximum absolute atomic E-state index is 13.7. The van der Waals surface area contributed by atoms with Crippen LogP contribution in [0, 0.1) is 0 Å². The molecule has 138 valence electrons. The molecule has 0 radical (unpaired) electrons. The second kappa shape index (κ2) is 8.64. The van der Waals surface area contributed by atoms with Gasteiger partial charge in [0.2, 0.25) is 5.75 Å². The topological polar surface area (TPSA) is 43.0 Å². The molecular formula is C15H22ClF3N2O3. The molecule has 2 rings (SSSR count). The number of hydrogen-bond donors (Lipinski definition) is 1. The van der Waals surface area contributed by atoms with Crippen LogP contribution in [0.3, 0.4) is 0 Å². The van der Waals surface area contributed by atoms with Crippen LogP contribution in [0.2, 0.25) is 0 Å². The Kier molecular flexibility index (Phi) is 7.44. The third-order valence-corrected chi connectivity index (χ3v) is 3.86. The van der Waals surface area contributed by atoms with Gasteiger partial charge in [-0.3, -0.25) is 4.90 Å². The van der Waals surface area contributed by atoms with Crippen LogP contribution in [0.5, 0.6) is 17.2 Å². The number of ether oxygens (including phenoxy) is 3. The highest BCUT2D eigenvalue weighted by molar-refractivity contribution is 5.85. The average molecular weight is 371 g/mol. The summed E-state index contributed by atoms with van der Waals surface area (Å²) >= 11 is 0. The molecule has 1 fully saturated rings. The van der Waals surface area contributed by atoms with Gasteiger partial charge in [-0.15, -0.1) is 12.4 Å². The molecule has 1 aromatic rings. The number of benzene rings is 1. The van der Waals surface area contributed by atoms with E-state index in [1.54, 1.807) is 0 Å². The molecule has 0 saturated carbocycles. The van der Waals surface area contributed by atoms with Crippen LogP contribution in [-0.4, -0.2) is 58.6 Å². The number of alkyl halides is 3. The number of halogens is 4. The van der Waals surface area contributed by atoms with Crippen molar-refractivity contribution < 1.29 is 27.4 Å². The maximum Gasteiger partial charge on any atom is 0.408 e. The van der Waals surface area contributed by atoms with E-state index in [0.717, 1.165) is 0 Å². The molecule has 0 spiro atoms. The molecular weight excluding hydrogens is 349 g/mol. The Morgan fingerprint density at radius 1 is 1.00 bits per heavy atom. The molecule has 1 N–H and O–H groups in total. The molecule has 1 heterocycles. The van der Waals surface area contributed by atoms with E-state index in [2.05, 4.69) is 5.32 Å². The molecule has 0 aromatic heterocycles. The van der Waals surface area contributed by atoms with Gasteiger partial charge in [0, 0.05) is 31.7 Å². The predicted octanol–water partition coefficient (Wildman–Crippen LogP) is 2.64. The zero-order valence-electron chi connectivity index (χ0n) is 13.8. The third-order valence-electron chi connectivity index (χ3n) is 3.86. The van der Waals surface area contributed by atoms with Gasteiger partial charge in [0.1, 0.15) is 6.04 Å². The molecule has 0 bridgehead atoms. The Hall–Kier alpha value is -1.38. The van der Waals surface area contributed by atoms with Gasteiger partial charge in [-0.05, 0) is 12.1 Å². The van der Waals surface area contributed by atoms with E-state index in [1.807, 2.05) is 0 Å². The molecule has 0 unspecified atom stereocenters. The molecule has 24 heavy (non-hydrogen) atoms. The standard InChI is InChI=1S/C15H21F3N2O3.ClH/c1-21-11-5-4-10(12(22-2)13(11)23-3)14(15(16,17)18)20-8-6-19-7-9-20;/h4-5,14,19H,6-9H2,1-3H3;1H/t14-;/m1./s1. The number of methoxy groups -OCH3 is 3. The van der Waals surface area contributed by atoms with E-state index in [4.69, 9.17) is 14.2 Å². The normalized spacial score (nSPS) is 16.9. The quantitative estimate of drug-likeness (QED) is 0.863. The second-order valence-electron chi connectivity index (χ2n) is 5.15. The summed E-state index contributed by atoms with van der Waals surface area (Å²) in [6.45, 7) is 1.65. The van der Waals surface area contributed by atoms with Crippen molar-refractivity contribution in [2.24, 2.45) is 0 Å². The molecule has 5 nitrogen and oxygen atoms in total. The summed E-state index contributed by atoms with van der Waals surface area (Å²) in [5.74, 6) is 0.541. The van der Waals surface area contributed by atoms with E-state index in [1.165, 1.54) is 38.4 Å². The van der Waals surface area contributed by atoms with Gasteiger partial charge in [-0.25, -0.2) is 0 Å². The fraction of sp³-hybridized carbons (Fsp3) is 0.600. The van der Waals surface area contributed by atoms with Crippen LogP contribution in [0.15, 0.2) is 12.1 Å². The van der Waals surface area contributed by atoms with Crippen LogP contribution in [0.1, 0.15) is 11.6 Å². The Morgan fingerprint density at radius 2 is 1.58 bits per heavy atom. The SMILES string of the molecule is COc1ccc([C@@H](N2CCNCC2)C(F)(F)F)c(OC)c1OC.Cl. The average Bonchev–Trinajstić information content (AvgIpc) is 2.54. The molecule has 1 aromatic carbocycles. The highest BCUT2D eigenvalue weighted by Gasteiger charge is 2.47. The summed E-state index contributed by atoms with van der Waals surface area (Å²) in [4.78, 5) is 1.40. The minimum absolute atomic E-state index is 0. The number of nitrogens with one attached hydrogen (secondary N) is 1. The molecule has 9 heteroatoms. The van der Waals surface area contributed by atoms with Gasteiger partial charge in [0.25, 0.3) is 0 Å². The second-order valence-corrected chi connectivity index (χ2v) is 5.15. The Balaban J connectivity index is 0.00000288. The van der Waals surface area contributed by atoms with Gasteiger partial charge >= 0.3 is 6.18 Å². The van der Waals surface area contributed by atoms with Crippen LogP contribution in [-0.2, 0) is 0 Å². The van der Waals surface area contributed by atoms with Crippen molar-refractivity contribution in [3.8, 4) is 17.2 Å². The van der Waals surface area contributed by atoms with Crippen molar-refractivity contribution >= 4 is 12.4 Å². The number of hydrogen-bond acceptors (Lipinski definition) is 5. The number of nitrogens with zero attached hydrogens (tertiary/aromatic N) is 1. The Morgan fingerprint density at radius 3 is 2.04 bits per heavy atom. The summed E-state index contributed by atoms with van der Waals surface area (Å²) in [6.07, 6.45) is -4.43. The minimum Gasteiger partial charge on any atom is -0.493 e. The van der Waals surface area contributed by atoms with E-state index in [0.29, 0.717) is 31.9 Å². The maximum atomic E-state index is 13.7. The lowest BCUT2D eigenvalue weighted by Crippen LogP contribution is -2.49. The first-order valence-corrected chi connectivity index (χ1v) is 7.24. The summed E-state index contributed by atoms with van der Waals surface area (Å²) < 4.78 is 56.8. The number of rotatable bonds is 5. The van der Waals surface area contributed by atoms with Crippen LogP contribution >= 0.6 is 12.4 Å². The first kappa shape index (κ1) is 20.7. The van der Waals surface area contributed by atoms with Crippen molar-refractivity contribution in [3.63, 3.8) is 0 Å². The Bertz CT molecular complexity index is 537. The van der Waals surface area contributed by atoms with Crippen molar-refractivity contribution in [1.82, 2.24) is 10.2 Å². The predicted molar refractivity (Wildman–Crippen MR) is 86.6 cm³/mol. The monoisotopic (exact) mass is 370 g/mol. The zero-order chi connectivity index (χ0) is 17.0. The first-order chi connectivity index (χ1) is 10.9. The van der Waals surface area contributed by atoms with Crippen molar-refractivity contribution in [2.45, 2.75) is 12.2 Å². The molecule has 0 amide bonds. The van der Waals surface area contributed by atoms with Gasteiger partial charge < -0.3 is 19.5 Å². The fourth-order valence-corrected chi connectivity index (χ4v) is 2.86. The van der Waals surface area contributed by atoms with Crippen molar-refractivity contribution in [2.75, 3.05) is 47.5 Å². The lowest BCUT2D eigenvalue weighted by Gasteiger charge is -2.36. The Labute approximate surface area is 145 Å². The van der Waals surface area contributed by atoms with Crippen LogP contribution in [0.4, 0.5) is 13.2 Å². The van der Waals surface area contributed by atoms with Gasteiger partial charge in [-0.2, -0.15) is 13.2 Å². The summed E-state index contributed by atoms with van der Waals surface area (Å²) in [6, 6.07) is 1.11. The molecule has 0 aliphatic carbocycles. The van der Waals surface area contributed by atoms with E-state index in [9.17, 15) is 13.2 Å². The van der Waals surface area contributed by atoms with Crippen molar-refractivity contribution in [3.05, 3.63) is 17.7 Å². The molecule has 1 saturated heterocycles. The highest BCUT2D eigenvalue weighted by atomic mass is 35.5. The van der Waals surface area contributed by atoms with Crippen molar-refractivity contribution in [1.29, 1.82) is 0 Å². The molecule has 1 aliphatic rings. The van der Waals surface area contributed by atoms with Gasteiger partial charge in [0.15, 0.2) is 11.5 Å². The summed E-state index contributed by atoms with van der Waals surface area (Å²) in [7, 11) is 4.12. The zero-order valence-corrected chi connectivity index (χ0v) is 14.6. The largest absolute Gasteiger partial charge is 0.493 e. The highest BCUT2D eigenvalue weighted by Crippen LogP contribution is 2.48. The van der Waals surface area contributed by atoms with Crippen LogP contribution < -0.4 is 19.5 Å². The lowest BCUT2D eigenvalue weighted by atomic mass is 10.0. The van der Waals surface area contributed by atoms with Crippen LogP contribution in [0.25, 0.3) is 0 Å². The fourth-order valence-electron chi connectivity index (χ4n) is 2.86.